The second-order valence-corrected chi connectivity index (χ2v) is 7.08. The lowest BCUT2D eigenvalue weighted by molar-refractivity contribution is 0.0737. The molecule has 0 aliphatic carbocycles. The average Bonchev–Trinajstić information content (AvgIpc) is 2.89. The number of fused-ring (bicyclic) bond motifs is 1. The van der Waals surface area contributed by atoms with Crippen LogP contribution in [0.1, 0.15) is 15.9 Å². The lowest BCUT2D eigenvalue weighted by Gasteiger charge is -2.24. The first-order valence-electron chi connectivity index (χ1n) is 9.17. The standard InChI is InChI=1S/C22H24N2O2/c1-23-10-9-20-14-17(7-8-21(20)23)13-18-15-24(11-12-26-16-18)22(25)19-5-3-2-4-6-19/h2-10,14,18H,11-13,15-16H2,1H3. The number of amides is 1. The third kappa shape index (κ3) is 3.51. The van der Waals surface area contributed by atoms with Crippen LogP contribution in [0.15, 0.2) is 60.8 Å². The Balaban J connectivity index is 1.49. The molecular weight excluding hydrogens is 324 g/mol. The van der Waals surface area contributed by atoms with Crippen LogP contribution in [0.4, 0.5) is 0 Å². The van der Waals surface area contributed by atoms with E-state index < -0.39 is 0 Å². The number of carbonyl (C=O) groups excluding carboxylic acids is 1. The summed E-state index contributed by atoms with van der Waals surface area (Å²) in [4.78, 5) is 14.7. The highest BCUT2D eigenvalue weighted by molar-refractivity contribution is 5.94. The van der Waals surface area contributed by atoms with Crippen molar-refractivity contribution in [3.05, 3.63) is 71.9 Å². The Morgan fingerprint density at radius 1 is 1.15 bits per heavy atom. The van der Waals surface area contributed by atoms with E-state index in [0.717, 1.165) is 18.5 Å². The van der Waals surface area contributed by atoms with Crippen LogP contribution in [-0.2, 0) is 18.2 Å². The van der Waals surface area contributed by atoms with E-state index in [0.29, 0.717) is 25.7 Å². The number of hydrogen-bond acceptors (Lipinski definition) is 2. The topological polar surface area (TPSA) is 34.5 Å². The molecule has 1 unspecified atom stereocenters. The van der Waals surface area contributed by atoms with Crippen LogP contribution in [0, 0.1) is 5.92 Å². The highest BCUT2D eigenvalue weighted by atomic mass is 16.5. The minimum atomic E-state index is 0.0969. The van der Waals surface area contributed by atoms with Gasteiger partial charge >= 0.3 is 0 Å². The molecule has 4 heteroatoms. The minimum absolute atomic E-state index is 0.0969. The number of aryl methyl sites for hydroxylation is 1. The van der Waals surface area contributed by atoms with E-state index in [-0.39, 0.29) is 5.91 Å². The average molecular weight is 348 g/mol. The van der Waals surface area contributed by atoms with Crippen molar-refractivity contribution in [2.45, 2.75) is 6.42 Å². The molecule has 0 spiro atoms. The normalized spacial score (nSPS) is 18.0. The molecule has 1 fully saturated rings. The highest BCUT2D eigenvalue weighted by Gasteiger charge is 2.23. The van der Waals surface area contributed by atoms with Gasteiger partial charge in [-0.3, -0.25) is 4.79 Å². The fourth-order valence-corrected chi connectivity index (χ4v) is 3.74. The fourth-order valence-electron chi connectivity index (χ4n) is 3.74. The molecular formula is C22H24N2O2. The Morgan fingerprint density at radius 2 is 2.00 bits per heavy atom. The third-order valence-electron chi connectivity index (χ3n) is 5.12. The van der Waals surface area contributed by atoms with Gasteiger partial charge in [0.15, 0.2) is 0 Å². The summed E-state index contributed by atoms with van der Waals surface area (Å²) in [6, 6.07) is 18.3. The predicted molar refractivity (Wildman–Crippen MR) is 103 cm³/mol. The van der Waals surface area contributed by atoms with Gasteiger partial charge in [-0.05, 0) is 47.7 Å². The number of aromatic nitrogens is 1. The van der Waals surface area contributed by atoms with Crippen LogP contribution < -0.4 is 0 Å². The van der Waals surface area contributed by atoms with Crippen LogP contribution in [0.5, 0.6) is 0 Å². The van der Waals surface area contributed by atoms with E-state index in [1.807, 2.05) is 35.2 Å². The second-order valence-electron chi connectivity index (χ2n) is 7.08. The third-order valence-corrected chi connectivity index (χ3v) is 5.12. The van der Waals surface area contributed by atoms with E-state index in [2.05, 4.69) is 42.1 Å². The molecule has 26 heavy (non-hydrogen) atoms. The van der Waals surface area contributed by atoms with Crippen molar-refractivity contribution in [1.29, 1.82) is 0 Å². The van der Waals surface area contributed by atoms with Crippen molar-refractivity contribution in [3.63, 3.8) is 0 Å². The molecule has 1 aliphatic rings. The second kappa shape index (κ2) is 7.34. The Labute approximate surface area is 154 Å². The number of nitrogens with zero attached hydrogens (tertiary/aromatic N) is 2. The molecule has 2 heterocycles. The molecule has 3 aromatic rings. The van der Waals surface area contributed by atoms with Gasteiger partial charge in [-0.25, -0.2) is 0 Å². The maximum atomic E-state index is 12.8. The Bertz CT molecular complexity index is 901. The van der Waals surface area contributed by atoms with Gasteiger partial charge < -0.3 is 14.2 Å². The van der Waals surface area contributed by atoms with Crippen molar-refractivity contribution < 1.29 is 9.53 Å². The summed E-state index contributed by atoms with van der Waals surface area (Å²) >= 11 is 0. The van der Waals surface area contributed by atoms with E-state index in [1.165, 1.54) is 16.5 Å². The molecule has 134 valence electrons. The highest BCUT2D eigenvalue weighted by Crippen LogP contribution is 2.21. The van der Waals surface area contributed by atoms with E-state index >= 15 is 0 Å². The minimum Gasteiger partial charge on any atom is -0.379 e. The van der Waals surface area contributed by atoms with Gasteiger partial charge in [-0.15, -0.1) is 0 Å². The molecule has 2 aromatic carbocycles. The number of benzene rings is 2. The first-order valence-corrected chi connectivity index (χ1v) is 9.17. The van der Waals surface area contributed by atoms with Crippen molar-refractivity contribution >= 4 is 16.8 Å². The Kier molecular flexibility index (Phi) is 4.76. The smallest absolute Gasteiger partial charge is 0.253 e. The van der Waals surface area contributed by atoms with E-state index in [9.17, 15) is 4.79 Å². The molecule has 1 amide bonds. The van der Waals surface area contributed by atoms with E-state index in [1.54, 1.807) is 0 Å². The van der Waals surface area contributed by atoms with Crippen molar-refractivity contribution in [2.24, 2.45) is 13.0 Å². The Hall–Kier alpha value is -2.59. The lowest BCUT2D eigenvalue weighted by Crippen LogP contribution is -2.36. The quantitative estimate of drug-likeness (QED) is 0.726. The molecule has 0 bridgehead atoms. The largest absolute Gasteiger partial charge is 0.379 e. The maximum absolute atomic E-state index is 12.8. The van der Waals surface area contributed by atoms with Gasteiger partial charge in [-0.1, -0.05) is 24.3 Å². The molecule has 4 rings (SSSR count). The first-order chi connectivity index (χ1) is 12.7. The zero-order chi connectivity index (χ0) is 17.9. The van der Waals surface area contributed by atoms with Crippen molar-refractivity contribution in [2.75, 3.05) is 26.3 Å². The molecule has 0 N–H and O–H groups in total. The van der Waals surface area contributed by atoms with Gasteiger partial charge in [0.25, 0.3) is 5.91 Å². The summed E-state index contributed by atoms with van der Waals surface area (Å²) in [6.07, 6.45) is 3.01. The summed E-state index contributed by atoms with van der Waals surface area (Å²) < 4.78 is 7.92. The molecule has 0 saturated carbocycles. The van der Waals surface area contributed by atoms with E-state index in [4.69, 9.17) is 4.74 Å². The fraction of sp³-hybridized carbons (Fsp3) is 0.318. The summed E-state index contributed by atoms with van der Waals surface area (Å²) in [6.45, 7) is 2.70. The number of ether oxygens (including phenoxy) is 1. The summed E-state index contributed by atoms with van der Waals surface area (Å²) in [5, 5.41) is 1.26. The van der Waals surface area contributed by atoms with Crippen LogP contribution >= 0.6 is 0 Å². The molecule has 1 aromatic heterocycles. The zero-order valence-corrected chi connectivity index (χ0v) is 15.1. The number of rotatable bonds is 3. The summed E-state index contributed by atoms with van der Waals surface area (Å²) in [5.74, 6) is 0.408. The number of carbonyl (C=O) groups is 1. The summed E-state index contributed by atoms with van der Waals surface area (Å²) in [5.41, 5.74) is 3.29. The first kappa shape index (κ1) is 16.9. The van der Waals surface area contributed by atoms with Crippen LogP contribution in [-0.4, -0.2) is 41.7 Å². The molecule has 1 atom stereocenters. The van der Waals surface area contributed by atoms with Gasteiger partial charge in [0.1, 0.15) is 0 Å². The summed E-state index contributed by atoms with van der Waals surface area (Å²) in [7, 11) is 2.06. The molecule has 4 nitrogen and oxygen atoms in total. The van der Waals surface area contributed by atoms with Gasteiger partial charge in [0, 0.05) is 43.3 Å². The van der Waals surface area contributed by atoms with Crippen LogP contribution in [0.3, 0.4) is 0 Å². The zero-order valence-electron chi connectivity index (χ0n) is 15.1. The van der Waals surface area contributed by atoms with Crippen LogP contribution in [0.2, 0.25) is 0 Å². The van der Waals surface area contributed by atoms with Crippen LogP contribution in [0.25, 0.3) is 10.9 Å². The number of hydrogen-bond donors (Lipinski definition) is 0. The predicted octanol–water partition coefficient (Wildman–Crippen LogP) is 3.51. The monoisotopic (exact) mass is 348 g/mol. The molecule has 0 radical (unpaired) electrons. The van der Waals surface area contributed by atoms with Gasteiger partial charge in [0.2, 0.25) is 0 Å². The van der Waals surface area contributed by atoms with Gasteiger partial charge in [-0.2, -0.15) is 0 Å². The lowest BCUT2D eigenvalue weighted by atomic mass is 9.98. The van der Waals surface area contributed by atoms with Gasteiger partial charge in [0.05, 0.1) is 13.2 Å². The maximum Gasteiger partial charge on any atom is 0.253 e. The SMILES string of the molecule is Cn1ccc2cc(CC3COCCN(C(=O)c4ccccc4)C3)ccc21. The molecule has 1 saturated heterocycles. The molecule has 1 aliphatic heterocycles. The van der Waals surface area contributed by atoms with Crippen molar-refractivity contribution in [3.8, 4) is 0 Å². The Morgan fingerprint density at radius 3 is 2.85 bits per heavy atom. The van der Waals surface area contributed by atoms with Crippen molar-refractivity contribution in [1.82, 2.24) is 9.47 Å².